The van der Waals surface area contributed by atoms with Crippen LogP contribution in [0.1, 0.15) is 5.82 Å². The number of nitrogens with one attached hydrogen (secondary N) is 2. The van der Waals surface area contributed by atoms with E-state index in [9.17, 15) is 18.5 Å². The fraction of sp³-hybridized carbons (Fsp3) is 0.111. The number of hydrogen-bond donors (Lipinski definition) is 3. The molecule has 4 N–H and O–H groups in total. The molecule has 0 amide bonds. The first-order valence-electron chi connectivity index (χ1n) is 5.41. The highest BCUT2D eigenvalue weighted by molar-refractivity contribution is 7.93. The van der Waals surface area contributed by atoms with E-state index in [2.05, 4.69) is 19.5 Å². The second kappa shape index (κ2) is 5.59. The Hall–Kier alpha value is -2.31. The molecule has 2 aromatic rings. The Morgan fingerprint density at radius 3 is 2.67 bits per heavy atom. The maximum Gasteiger partial charge on any atom is 0.291 e. The highest BCUT2D eigenvalue weighted by atomic mass is 32.2. The van der Waals surface area contributed by atoms with Crippen molar-refractivity contribution in [2.45, 2.75) is 11.8 Å². The Morgan fingerprint density at radius 2 is 2.14 bits per heavy atom. The number of anilines is 2. The van der Waals surface area contributed by atoms with Gasteiger partial charge in [-0.25, -0.2) is 13.4 Å². The minimum atomic E-state index is -4.15. The van der Waals surface area contributed by atoms with Crippen molar-refractivity contribution < 1.29 is 13.3 Å². The SMILES string of the molecule is Cc1nsc(NS(=O)(=O)c2ccc(NN)cc2[N+](=O)[O-])n1. The van der Waals surface area contributed by atoms with Gasteiger partial charge in [0.05, 0.1) is 10.6 Å². The van der Waals surface area contributed by atoms with Gasteiger partial charge in [-0.05, 0) is 19.1 Å². The quantitative estimate of drug-likeness (QED) is 0.414. The van der Waals surface area contributed by atoms with Gasteiger partial charge in [0, 0.05) is 17.6 Å². The molecule has 2 rings (SSSR count). The van der Waals surface area contributed by atoms with Gasteiger partial charge in [0.2, 0.25) is 5.13 Å². The number of rotatable bonds is 5. The first-order chi connectivity index (χ1) is 9.83. The average Bonchev–Trinajstić information content (AvgIpc) is 2.82. The van der Waals surface area contributed by atoms with Crippen LogP contribution in [0.3, 0.4) is 0 Å². The van der Waals surface area contributed by atoms with Crippen molar-refractivity contribution >= 4 is 38.1 Å². The smallest absolute Gasteiger partial charge is 0.291 e. The van der Waals surface area contributed by atoms with E-state index in [1.54, 1.807) is 6.92 Å². The van der Waals surface area contributed by atoms with Crippen LogP contribution in [0, 0.1) is 17.0 Å². The average molecular weight is 330 g/mol. The first kappa shape index (κ1) is 15.1. The molecule has 21 heavy (non-hydrogen) atoms. The number of hydrogen-bond acceptors (Lipinski definition) is 9. The first-order valence-corrected chi connectivity index (χ1v) is 7.67. The number of nitro groups is 1. The highest BCUT2D eigenvalue weighted by Gasteiger charge is 2.27. The maximum absolute atomic E-state index is 12.2. The summed E-state index contributed by atoms with van der Waals surface area (Å²) in [5.41, 5.74) is 1.83. The molecular weight excluding hydrogens is 320 g/mol. The van der Waals surface area contributed by atoms with E-state index in [0.717, 1.165) is 23.7 Å². The van der Waals surface area contributed by atoms with Gasteiger partial charge in [-0.15, -0.1) is 0 Å². The summed E-state index contributed by atoms with van der Waals surface area (Å²) < 4.78 is 30.4. The molecule has 0 atom stereocenters. The molecule has 0 bridgehead atoms. The molecule has 0 spiro atoms. The molecule has 0 saturated carbocycles. The van der Waals surface area contributed by atoms with E-state index >= 15 is 0 Å². The van der Waals surface area contributed by atoms with Gasteiger partial charge in [0.1, 0.15) is 5.82 Å². The zero-order valence-electron chi connectivity index (χ0n) is 10.6. The van der Waals surface area contributed by atoms with E-state index in [1.165, 1.54) is 6.07 Å². The summed E-state index contributed by atoms with van der Waals surface area (Å²) in [7, 11) is -4.15. The van der Waals surface area contributed by atoms with E-state index < -0.39 is 25.5 Å². The van der Waals surface area contributed by atoms with Crippen LogP contribution in [0.2, 0.25) is 0 Å². The molecule has 0 aliphatic carbocycles. The van der Waals surface area contributed by atoms with Crippen LogP contribution >= 0.6 is 11.5 Å². The third-order valence-electron chi connectivity index (χ3n) is 2.36. The molecule has 10 nitrogen and oxygen atoms in total. The van der Waals surface area contributed by atoms with Crippen LogP contribution in [0.25, 0.3) is 0 Å². The number of benzene rings is 1. The number of nitrogens with two attached hydrogens (primary N) is 1. The molecule has 1 aromatic heterocycles. The third-order valence-corrected chi connectivity index (χ3v) is 4.60. The van der Waals surface area contributed by atoms with Crippen LogP contribution in [0.5, 0.6) is 0 Å². The maximum atomic E-state index is 12.2. The van der Waals surface area contributed by atoms with Crippen molar-refractivity contribution in [3.05, 3.63) is 34.1 Å². The summed E-state index contributed by atoms with van der Waals surface area (Å²) in [5, 5.41) is 11.0. The molecular formula is C9H10N6O4S2. The van der Waals surface area contributed by atoms with Crippen LogP contribution in [0.15, 0.2) is 23.1 Å². The van der Waals surface area contributed by atoms with Gasteiger partial charge < -0.3 is 5.43 Å². The van der Waals surface area contributed by atoms with Gasteiger partial charge >= 0.3 is 0 Å². The summed E-state index contributed by atoms with van der Waals surface area (Å²) in [6.45, 7) is 1.60. The zero-order chi connectivity index (χ0) is 15.6. The third kappa shape index (κ3) is 3.24. The second-order valence-corrected chi connectivity index (χ2v) is 6.24. The molecule has 0 fully saturated rings. The molecule has 0 unspecified atom stereocenters. The van der Waals surface area contributed by atoms with Gasteiger partial charge in [-0.1, -0.05) is 0 Å². The van der Waals surface area contributed by atoms with Crippen molar-refractivity contribution in [3.63, 3.8) is 0 Å². The molecule has 0 saturated heterocycles. The summed E-state index contributed by atoms with van der Waals surface area (Å²) in [4.78, 5) is 13.6. The van der Waals surface area contributed by atoms with E-state index in [0.29, 0.717) is 5.82 Å². The summed E-state index contributed by atoms with van der Waals surface area (Å²) in [6.07, 6.45) is 0. The summed E-state index contributed by atoms with van der Waals surface area (Å²) >= 11 is 0.839. The van der Waals surface area contributed by atoms with E-state index in [4.69, 9.17) is 5.84 Å². The van der Waals surface area contributed by atoms with Crippen LogP contribution in [-0.2, 0) is 10.0 Å². The lowest BCUT2D eigenvalue weighted by Gasteiger charge is -2.07. The van der Waals surface area contributed by atoms with E-state index in [1.807, 2.05) is 0 Å². The van der Waals surface area contributed by atoms with Crippen LogP contribution in [-0.4, -0.2) is 22.7 Å². The number of aromatic nitrogens is 2. The topological polar surface area (TPSA) is 153 Å². The molecule has 0 radical (unpaired) electrons. The predicted molar refractivity (Wildman–Crippen MR) is 76.4 cm³/mol. The molecule has 12 heteroatoms. The lowest BCUT2D eigenvalue weighted by molar-refractivity contribution is -0.387. The van der Waals surface area contributed by atoms with Crippen LogP contribution < -0.4 is 16.0 Å². The predicted octanol–water partition coefficient (Wildman–Crippen LogP) is 0.841. The Morgan fingerprint density at radius 1 is 1.43 bits per heavy atom. The number of aryl methyl sites for hydroxylation is 1. The Labute approximate surface area is 123 Å². The minimum Gasteiger partial charge on any atom is -0.324 e. The number of nitro benzene ring substituents is 1. The van der Waals surface area contributed by atoms with Crippen molar-refractivity contribution in [2.24, 2.45) is 5.84 Å². The zero-order valence-corrected chi connectivity index (χ0v) is 12.2. The standard InChI is InChI=1S/C9H10N6O4S2/c1-5-11-9(20-13-5)14-21(18,19)8-3-2-6(12-10)4-7(8)15(16)17/h2-4,12H,10H2,1H3,(H,11,13,14). The Kier molecular flexibility index (Phi) is 4.02. The van der Waals surface area contributed by atoms with E-state index in [-0.39, 0.29) is 10.8 Å². The van der Waals surface area contributed by atoms with Gasteiger partial charge in [-0.2, -0.15) is 4.37 Å². The van der Waals surface area contributed by atoms with Crippen LogP contribution in [0.4, 0.5) is 16.5 Å². The minimum absolute atomic E-state index is 0.0304. The number of sulfonamides is 1. The molecule has 112 valence electrons. The highest BCUT2D eigenvalue weighted by Crippen LogP contribution is 2.28. The second-order valence-electron chi connectivity index (χ2n) is 3.84. The molecule has 1 aromatic carbocycles. The van der Waals surface area contributed by atoms with Crippen molar-refractivity contribution in [1.29, 1.82) is 0 Å². The lowest BCUT2D eigenvalue weighted by atomic mass is 10.3. The molecule has 0 aliphatic rings. The van der Waals surface area contributed by atoms with Crippen molar-refractivity contribution in [2.75, 3.05) is 10.1 Å². The largest absolute Gasteiger partial charge is 0.324 e. The number of nitrogens with zero attached hydrogens (tertiary/aromatic N) is 3. The Balaban J connectivity index is 2.46. The van der Waals surface area contributed by atoms with Crippen molar-refractivity contribution in [1.82, 2.24) is 9.36 Å². The molecule has 0 aliphatic heterocycles. The number of nitrogen functional groups attached to an aromatic ring is 1. The summed E-state index contributed by atoms with van der Waals surface area (Å²) in [5.74, 6) is 5.55. The molecule has 1 heterocycles. The van der Waals surface area contributed by atoms with Gasteiger partial charge in [0.15, 0.2) is 4.90 Å². The fourth-order valence-corrected chi connectivity index (χ4v) is 3.44. The number of hydrazine groups is 1. The van der Waals surface area contributed by atoms with Crippen molar-refractivity contribution in [3.8, 4) is 0 Å². The van der Waals surface area contributed by atoms with Gasteiger partial charge in [0.25, 0.3) is 15.7 Å². The monoisotopic (exact) mass is 330 g/mol. The Bertz CT molecular complexity index is 787. The lowest BCUT2D eigenvalue weighted by Crippen LogP contribution is -2.15. The normalized spacial score (nSPS) is 11.1. The fourth-order valence-electron chi connectivity index (χ4n) is 1.49. The summed E-state index contributed by atoms with van der Waals surface area (Å²) in [6, 6.07) is 3.43. The van der Waals surface area contributed by atoms with Gasteiger partial charge in [-0.3, -0.25) is 20.7 Å².